The van der Waals surface area contributed by atoms with Gasteiger partial charge in [0.1, 0.15) is 12.4 Å². The van der Waals surface area contributed by atoms with Gasteiger partial charge < -0.3 is 20.1 Å². The Kier molecular flexibility index (Phi) is 6.17. The van der Waals surface area contributed by atoms with Crippen molar-refractivity contribution in [1.29, 1.82) is 0 Å². The van der Waals surface area contributed by atoms with Crippen molar-refractivity contribution in [2.45, 2.75) is 18.9 Å². The Bertz CT molecular complexity index is 675. The summed E-state index contributed by atoms with van der Waals surface area (Å²) in [5.74, 6) is 0.950. The van der Waals surface area contributed by atoms with Crippen LogP contribution in [-0.2, 0) is 4.74 Å². The first-order valence-corrected chi connectivity index (χ1v) is 8.45. The molecule has 0 aliphatic carbocycles. The lowest BCUT2D eigenvalue weighted by Gasteiger charge is -2.14. The summed E-state index contributed by atoms with van der Waals surface area (Å²) in [4.78, 5) is 20.5. The molecule has 1 aromatic carbocycles. The van der Waals surface area contributed by atoms with Crippen molar-refractivity contribution in [3.8, 4) is 5.75 Å². The molecule has 2 N–H and O–H groups in total. The van der Waals surface area contributed by atoms with Crippen molar-refractivity contribution >= 4 is 11.9 Å². The van der Waals surface area contributed by atoms with Crippen molar-refractivity contribution in [1.82, 2.24) is 15.3 Å². The second-order valence-corrected chi connectivity index (χ2v) is 5.70. The van der Waals surface area contributed by atoms with Crippen LogP contribution < -0.4 is 15.4 Å². The summed E-state index contributed by atoms with van der Waals surface area (Å²) in [6.07, 6.45) is 5.51. The number of hydrogen-bond donors (Lipinski definition) is 2. The third kappa shape index (κ3) is 5.15. The van der Waals surface area contributed by atoms with Crippen LogP contribution in [0.4, 0.5) is 5.95 Å². The monoisotopic (exact) mass is 342 g/mol. The van der Waals surface area contributed by atoms with Crippen LogP contribution in [0, 0.1) is 0 Å². The topological polar surface area (TPSA) is 85.4 Å². The highest BCUT2D eigenvalue weighted by atomic mass is 16.5. The number of ether oxygens (including phenoxy) is 2. The summed E-state index contributed by atoms with van der Waals surface area (Å²) >= 11 is 0. The van der Waals surface area contributed by atoms with Gasteiger partial charge in [0.15, 0.2) is 0 Å². The first-order chi connectivity index (χ1) is 12.3. The number of aromatic nitrogens is 2. The smallest absolute Gasteiger partial charge is 0.255 e. The highest BCUT2D eigenvalue weighted by Gasteiger charge is 2.18. The van der Waals surface area contributed by atoms with Crippen LogP contribution in [0.2, 0.25) is 0 Å². The summed E-state index contributed by atoms with van der Waals surface area (Å²) in [6.45, 7) is 2.25. The summed E-state index contributed by atoms with van der Waals surface area (Å²) in [6, 6.07) is 8.99. The van der Waals surface area contributed by atoms with Gasteiger partial charge in [-0.05, 0) is 31.0 Å². The number of rotatable bonds is 8. The maximum atomic E-state index is 12.4. The van der Waals surface area contributed by atoms with Gasteiger partial charge in [0.05, 0.1) is 11.7 Å². The molecule has 1 amide bonds. The SMILES string of the molecule is O=C(NCCNc1ncccn1)c1ccccc1OCC1CCCO1. The van der Waals surface area contributed by atoms with Gasteiger partial charge in [0.25, 0.3) is 5.91 Å². The first-order valence-electron chi connectivity index (χ1n) is 8.45. The third-order valence-corrected chi connectivity index (χ3v) is 3.84. The van der Waals surface area contributed by atoms with E-state index >= 15 is 0 Å². The van der Waals surface area contributed by atoms with E-state index in [4.69, 9.17) is 9.47 Å². The molecule has 1 aliphatic rings. The summed E-state index contributed by atoms with van der Waals surface area (Å²) < 4.78 is 11.3. The van der Waals surface area contributed by atoms with Crippen molar-refractivity contribution < 1.29 is 14.3 Å². The minimum Gasteiger partial charge on any atom is -0.490 e. The summed E-state index contributed by atoms with van der Waals surface area (Å²) in [5.41, 5.74) is 0.524. The highest BCUT2D eigenvalue weighted by molar-refractivity contribution is 5.96. The fourth-order valence-electron chi connectivity index (χ4n) is 2.57. The van der Waals surface area contributed by atoms with Crippen LogP contribution in [0.15, 0.2) is 42.7 Å². The molecule has 1 aromatic heterocycles. The second-order valence-electron chi connectivity index (χ2n) is 5.70. The Morgan fingerprint density at radius 2 is 2.04 bits per heavy atom. The molecule has 2 heterocycles. The van der Waals surface area contributed by atoms with E-state index in [0.717, 1.165) is 19.4 Å². The molecule has 25 heavy (non-hydrogen) atoms. The maximum absolute atomic E-state index is 12.4. The van der Waals surface area contributed by atoms with Crippen molar-refractivity contribution in [2.24, 2.45) is 0 Å². The van der Waals surface area contributed by atoms with E-state index in [1.807, 2.05) is 12.1 Å². The fourth-order valence-corrected chi connectivity index (χ4v) is 2.57. The van der Waals surface area contributed by atoms with Gasteiger partial charge in [-0.2, -0.15) is 0 Å². The predicted octanol–water partition coefficient (Wildman–Crippen LogP) is 1.88. The second kappa shape index (κ2) is 8.98. The van der Waals surface area contributed by atoms with E-state index < -0.39 is 0 Å². The molecule has 2 aromatic rings. The Morgan fingerprint density at radius 1 is 1.20 bits per heavy atom. The number of carbonyl (C=O) groups excluding carboxylic acids is 1. The molecular weight excluding hydrogens is 320 g/mol. The molecule has 0 spiro atoms. The van der Waals surface area contributed by atoms with Gasteiger partial charge >= 0.3 is 0 Å². The average molecular weight is 342 g/mol. The molecule has 0 saturated carbocycles. The number of benzene rings is 1. The van der Waals surface area contributed by atoms with Crippen molar-refractivity contribution in [3.63, 3.8) is 0 Å². The van der Waals surface area contributed by atoms with Gasteiger partial charge in [0, 0.05) is 32.1 Å². The third-order valence-electron chi connectivity index (χ3n) is 3.84. The number of anilines is 1. The number of carbonyl (C=O) groups is 1. The molecule has 3 rings (SSSR count). The molecule has 1 aliphatic heterocycles. The number of nitrogens with zero attached hydrogens (tertiary/aromatic N) is 2. The number of amides is 1. The fraction of sp³-hybridized carbons (Fsp3) is 0.389. The Labute approximate surface area is 146 Å². The molecule has 7 heteroatoms. The van der Waals surface area contributed by atoms with Crippen molar-refractivity contribution in [2.75, 3.05) is 31.6 Å². The quantitative estimate of drug-likeness (QED) is 0.713. The number of nitrogens with one attached hydrogen (secondary N) is 2. The van der Waals surface area contributed by atoms with E-state index in [-0.39, 0.29) is 12.0 Å². The van der Waals surface area contributed by atoms with Crippen LogP contribution >= 0.6 is 0 Å². The van der Waals surface area contributed by atoms with Gasteiger partial charge in [-0.25, -0.2) is 9.97 Å². The zero-order valence-electron chi connectivity index (χ0n) is 14.0. The Morgan fingerprint density at radius 3 is 2.84 bits per heavy atom. The molecule has 7 nitrogen and oxygen atoms in total. The van der Waals surface area contributed by atoms with E-state index in [9.17, 15) is 4.79 Å². The van der Waals surface area contributed by atoms with Crippen molar-refractivity contribution in [3.05, 3.63) is 48.3 Å². The van der Waals surface area contributed by atoms with Gasteiger partial charge in [-0.1, -0.05) is 12.1 Å². The maximum Gasteiger partial charge on any atom is 0.255 e. The molecule has 1 saturated heterocycles. The lowest BCUT2D eigenvalue weighted by molar-refractivity contribution is 0.0670. The summed E-state index contributed by atoms with van der Waals surface area (Å²) in [7, 11) is 0. The molecule has 0 radical (unpaired) electrons. The van der Waals surface area contributed by atoms with Gasteiger partial charge in [0.2, 0.25) is 5.95 Å². The van der Waals surface area contributed by atoms with Crippen LogP contribution in [0.3, 0.4) is 0 Å². The summed E-state index contributed by atoms with van der Waals surface area (Å²) in [5, 5.41) is 5.91. The molecule has 1 unspecified atom stereocenters. The average Bonchev–Trinajstić information content (AvgIpc) is 3.18. The number of hydrogen-bond acceptors (Lipinski definition) is 6. The largest absolute Gasteiger partial charge is 0.490 e. The van der Waals surface area contributed by atoms with Crippen LogP contribution in [-0.4, -0.2) is 48.3 Å². The normalized spacial score (nSPS) is 16.4. The van der Waals surface area contributed by atoms with E-state index in [2.05, 4.69) is 20.6 Å². The zero-order valence-corrected chi connectivity index (χ0v) is 14.0. The van der Waals surface area contributed by atoms with Crippen LogP contribution in [0.1, 0.15) is 23.2 Å². The predicted molar refractivity (Wildman–Crippen MR) is 93.8 cm³/mol. The van der Waals surface area contributed by atoms with Crippen LogP contribution in [0.25, 0.3) is 0 Å². The van der Waals surface area contributed by atoms with E-state index in [1.54, 1.807) is 30.6 Å². The molecule has 1 fully saturated rings. The zero-order chi connectivity index (χ0) is 17.3. The van der Waals surface area contributed by atoms with Gasteiger partial charge in [-0.3, -0.25) is 4.79 Å². The molecule has 0 bridgehead atoms. The lowest BCUT2D eigenvalue weighted by atomic mass is 10.2. The van der Waals surface area contributed by atoms with Crippen LogP contribution in [0.5, 0.6) is 5.75 Å². The molecule has 1 atom stereocenters. The Hall–Kier alpha value is -2.67. The van der Waals surface area contributed by atoms with Gasteiger partial charge in [-0.15, -0.1) is 0 Å². The minimum absolute atomic E-state index is 0.117. The lowest BCUT2D eigenvalue weighted by Crippen LogP contribution is -2.29. The highest BCUT2D eigenvalue weighted by Crippen LogP contribution is 2.20. The first kappa shape index (κ1) is 17.2. The van der Waals surface area contributed by atoms with E-state index in [0.29, 0.717) is 37.0 Å². The standard InChI is InChI=1S/C18H22N4O3/c23-17(19-10-11-22-18-20-8-4-9-21-18)15-6-1-2-7-16(15)25-13-14-5-3-12-24-14/h1-2,4,6-9,14H,3,5,10-13H2,(H,19,23)(H,20,21,22). The number of para-hydroxylation sites is 1. The molecular formula is C18H22N4O3. The Balaban J connectivity index is 1.47. The minimum atomic E-state index is -0.168. The molecule has 132 valence electrons. The van der Waals surface area contributed by atoms with E-state index in [1.165, 1.54) is 0 Å².